The molecule has 0 unspecified atom stereocenters. The number of amides is 2. The maximum Gasteiger partial charge on any atom is 0.323 e. The lowest BCUT2D eigenvalue weighted by atomic mass is 10.1. The van der Waals surface area contributed by atoms with Gasteiger partial charge in [-0.2, -0.15) is 0 Å². The van der Waals surface area contributed by atoms with Crippen molar-refractivity contribution in [3.8, 4) is 5.75 Å². The fraction of sp³-hybridized carbons (Fsp3) is 0.478. The molecule has 1 aromatic carbocycles. The summed E-state index contributed by atoms with van der Waals surface area (Å²) in [6.45, 7) is 14.2. The molecule has 1 fully saturated rings. The van der Waals surface area contributed by atoms with Gasteiger partial charge in [0.05, 0.1) is 6.20 Å². The molecule has 2 N–H and O–H groups in total. The molecule has 6 nitrogen and oxygen atoms in total. The van der Waals surface area contributed by atoms with Crippen LogP contribution < -0.4 is 15.1 Å². The largest absolute Gasteiger partial charge is 0.542 e. The van der Waals surface area contributed by atoms with E-state index < -0.39 is 8.32 Å². The predicted molar refractivity (Wildman–Crippen MR) is 125 cm³/mol. The Morgan fingerprint density at radius 2 is 1.87 bits per heavy atom. The molecule has 0 aliphatic carbocycles. The molecule has 162 valence electrons. The Hall–Kier alpha value is -2.38. The van der Waals surface area contributed by atoms with Gasteiger partial charge >= 0.3 is 6.03 Å². The van der Waals surface area contributed by atoms with Crippen LogP contribution in [0, 0.1) is 0 Å². The highest BCUT2D eigenvalue weighted by molar-refractivity contribution is 6.74. The van der Waals surface area contributed by atoms with E-state index in [0.717, 1.165) is 30.8 Å². The Labute approximate surface area is 181 Å². The molecule has 30 heavy (non-hydrogen) atoms. The highest BCUT2D eigenvalue weighted by Crippen LogP contribution is 2.38. The van der Waals surface area contributed by atoms with E-state index in [4.69, 9.17) is 4.43 Å². The Balaban J connectivity index is 1.85. The molecule has 2 heterocycles. The van der Waals surface area contributed by atoms with E-state index in [0.29, 0.717) is 18.9 Å². The minimum absolute atomic E-state index is 0.0895. The lowest BCUT2D eigenvalue weighted by Gasteiger charge is -2.37. The number of nitrogens with zero attached hydrogens (tertiary/aromatic N) is 2. The number of rotatable bonds is 5. The Bertz CT molecular complexity index is 859. The van der Waals surface area contributed by atoms with Crippen molar-refractivity contribution in [2.75, 3.05) is 31.5 Å². The van der Waals surface area contributed by atoms with E-state index in [1.807, 2.05) is 29.2 Å². The second-order valence-electron chi connectivity index (χ2n) is 9.37. The molecule has 0 radical (unpaired) electrons. The molecule has 0 spiro atoms. The van der Waals surface area contributed by atoms with E-state index in [2.05, 4.69) is 61.6 Å². The van der Waals surface area contributed by atoms with Gasteiger partial charge in [-0.05, 0) is 29.8 Å². The molecule has 1 aliphatic heterocycles. The first-order chi connectivity index (χ1) is 14.2. The SMILES string of the molecule is CC(C)(C)[Si](C)(C)Oc1cnc(NC(=O)N2CCNCC2)cc1Cc1ccccc1. The molecular formula is C23H34N4O2Si. The molecule has 0 saturated carbocycles. The zero-order valence-electron chi connectivity index (χ0n) is 18.8. The number of benzene rings is 1. The van der Waals surface area contributed by atoms with Gasteiger partial charge < -0.3 is 14.6 Å². The minimum atomic E-state index is -2.01. The molecule has 1 saturated heterocycles. The second-order valence-corrected chi connectivity index (χ2v) is 14.1. The summed E-state index contributed by atoms with van der Waals surface area (Å²) >= 11 is 0. The van der Waals surface area contributed by atoms with Crippen molar-refractivity contribution in [2.45, 2.75) is 45.3 Å². The fourth-order valence-corrected chi connectivity index (χ4v) is 4.12. The van der Waals surface area contributed by atoms with Crippen molar-refractivity contribution >= 4 is 20.2 Å². The van der Waals surface area contributed by atoms with Gasteiger partial charge in [-0.3, -0.25) is 5.32 Å². The second kappa shape index (κ2) is 9.18. The van der Waals surface area contributed by atoms with Gasteiger partial charge in [-0.15, -0.1) is 0 Å². The van der Waals surface area contributed by atoms with E-state index in [1.54, 1.807) is 6.20 Å². The summed E-state index contributed by atoms with van der Waals surface area (Å²) in [5.41, 5.74) is 2.24. The van der Waals surface area contributed by atoms with Gasteiger partial charge in [0.15, 0.2) is 0 Å². The summed E-state index contributed by atoms with van der Waals surface area (Å²) in [5.74, 6) is 1.37. The zero-order chi connectivity index (χ0) is 21.8. The normalized spacial score (nSPS) is 15.0. The fourth-order valence-electron chi connectivity index (χ4n) is 3.08. The maximum absolute atomic E-state index is 12.6. The summed E-state index contributed by atoms with van der Waals surface area (Å²) in [4.78, 5) is 18.9. The van der Waals surface area contributed by atoms with Crippen molar-refractivity contribution < 1.29 is 9.22 Å². The quantitative estimate of drug-likeness (QED) is 0.691. The van der Waals surface area contributed by atoms with E-state index in [9.17, 15) is 4.79 Å². The third-order valence-electron chi connectivity index (χ3n) is 6.00. The van der Waals surface area contributed by atoms with Crippen molar-refractivity contribution in [3.63, 3.8) is 0 Å². The number of aromatic nitrogens is 1. The van der Waals surface area contributed by atoms with Gasteiger partial charge in [0.25, 0.3) is 8.32 Å². The highest BCUT2D eigenvalue weighted by atomic mass is 28.4. The van der Waals surface area contributed by atoms with Crippen LogP contribution in [0.2, 0.25) is 18.1 Å². The van der Waals surface area contributed by atoms with Crippen LogP contribution in [0.15, 0.2) is 42.6 Å². The molecule has 0 bridgehead atoms. The third kappa shape index (κ3) is 5.61. The number of pyridine rings is 1. The number of urea groups is 1. The number of piperazine rings is 1. The average Bonchev–Trinajstić information content (AvgIpc) is 2.70. The number of nitrogens with one attached hydrogen (secondary N) is 2. The van der Waals surface area contributed by atoms with E-state index >= 15 is 0 Å². The molecule has 2 aromatic rings. The summed E-state index contributed by atoms with van der Waals surface area (Å²) in [6.07, 6.45) is 2.50. The Kier molecular flexibility index (Phi) is 6.83. The first kappa shape index (κ1) is 22.3. The van der Waals surface area contributed by atoms with Crippen molar-refractivity contribution in [1.82, 2.24) is 15.2 Å². The van der Waals surface area contributed by atoms with Gasteiger partial charge in [0.2, 0.25) is 0 Å². The number of anilines is 1. The van der Waals surface area contributed by atoms with Gasteiger partial charge in [0, 0.05) is 38.2 Å². The van der Waals surface area contributed by atoms with Crippen molar-refractivity contribution in [2.24, 2.45) is 0 Å². The standard InChI is InChI=1S/C23H34N4O2Si/c1-23(2,3)30(4,5)29-20-17-25-21(26-22(28)27-13-11-24-12-14-27)16-19(20)15-18-9-7-6-8-10-18/h6-10,16-17,24H,11-15H2,1-5H3,(H,25,26,28). The smallest absolute Gasteiger partial charge is 0.323 e. The monoisotopic (exact) mass is 426 g/mol. The van der Waals surface area contributed by atoms with Gasteiger partial charge in [-0.25, -0.2) is 9.78 Å². The number of carbonyl (C=O) groups excluding carboxylic acids is 1. The van der Waals surface area contributed by atoms with Crippen molar-refractivity contribution in [1.29, 1.82) is 0 Å². The number of carbonyl (C=O) groups is 1. The van der Waals surface area contributed by atoms with Crippen LogP contribution in [0.5, 0.6) is 5.75 Å². The Morgan fingerprint density at radius 1 is 1.20 bits per heavy atom. The van der Waals surface area contributed by atoms with E-state index in [-0.39, 0.29) is 11.1 Å². The van der Waals surface area contributed by atoms with Crippen molar-refractivity contribution in [3.05, 3.63) is 53.7 Å². The van der Waals surface area contributed by atoms with Crippen LogP contribution >= 0.6 is 0 Å². The third-order valence-corrected chi connectivity index (χ3v) is 10.3. The molecule has 1 aromatic heterocycles. The summed E-state index contributed by atoms with van der Waals surface area (Å²) < 4.78 is 6.59. The average molecular weight is 427 g/mol. The molecule has 1 aliphatic rings. The van der Waals surface area contributed by atoms with Gasteiger partial charge in [0.1, 0.15) is 11.6 Å². The molecule has 7 heteroatoms. The van der Waals surface area contributed by atoms with Crippen LogP contribution in [-0.4, -0.2) is 50.4 Å². The van der Waals surface area contributed by atoms with E-state index in [1.165, 1.54) is 5.56 Å². The lowest BCUT2D eigenvalue weighted by molar-refractivity contribution is 0.204. The van der Waals surface area contributed by atoms with Crippen LogP contribution in [-0.2, 0) is 6.42 Å². The lowest BCUT2D eigenvalue weighted by Crippen LogP contribution is -2.48. The molecular weight excluding hydrogens is 392 g/mol. The predicted octanol–water partition coefficient (Wildman–Crippen LogP) is 4.49. The number of hydrogen-bond donors (Lipinski definition) is 2. The number of hydrogen-bond acceptors (Lipinski definition) is 4. The first-order valence-electron chi connectivity index (χ1n) is 10.6. The molecule has 2 amide bonds. The molecule has 3 rings (SSSR count). The van der Waals surface area contributed by atoms with Crippen LogP contribution in [0.25, 0.3) is 0 Å². The maximum atomic E-state index is 12.6. The molecule has 0 atom stereocenters. The van der Waals surface area contributed by atoms with Crippen LogP contribution in [0.1, 0.15) is 31.9 Å². The van der Waals surface area contributed by atoms with Crippen LogP contribution in [0.4, 0.5) is 10.6 Å². The first-order valence-corrected chi connectivity index (χ1v) is 13.5. The highest BCUT2D eigenvalue weighted by Gasteiger charge is 2.39. The van der Waals surface area contributed by atoms with Crippen LogP contribution in [0.3, 0.4) is 0 Å². The Morgan fingerprint density at radius 3 is 2.50 bits per heavy atom. The topological polar surface area (TPSA) is 66.5 Å². The zero-order valence-corrected chi connectivity index (χ0v) is 19.8. The summed E-state index contributed by atoms with van der Waals surface area (Å²) in [7, 11) is -2.01. The summed E-state index contributed by atoms with van der Waals surface area (Å²) in [5, 5.41) is 6.31. The summed E-state index contributed by atoms with van der Waals surface area (Å²) in [6, 6.07) is 12.2. The van der Waals surface area contributed by atoms with Gasteiger partial charge in [-0.1, -0.05) is 51.1 Å². The minimum Gasteiger partial charge on any atom is -0.542 e.